The molecule has 0 unspecified atom stereocenters. The van der Waals surface area contributed by atoms with Gasteiger partial charge in [-0.2, -0.15) is 0 Å². The van der Waals surface area contributed by atoms with Crippen molar-refractivity contribution in [2.45, 2.75) is 38.9 Å². The predicted octanol–water partition coefficient (Wildman–Crippen LogP) is 3.94. The summed E-state index contributed by atoms with van der Waals surface area (Å²) in [4.78, 5) is 0. The zero-order valence-electron chi connectivity index (χ0n) is 11.8. The fourth-order valence-electron chi connectivity index (χ4n) is 2.58. The molecule has 2 aromatic rings. The Hall–Kier alpha value is -1.80. The Morgan fingerprint density at radius 1 is 1.15 bits per heavy atom. The Bertz CT molecular complexity index is 586. The summed E-state index contributed by atoms with van der Waals surface area (Å²) in [5.41, 5.74) is 4.51. The number of aryl methyl sites for hydroxylation is 1. The van der Waals surface area contributed by atoms with Gasteiger partial charge in [0.2, 0.25) is 0 Å². The van der Waals surface area contributed by atoms with E-state index in [0.717, 1.165) is 22.4 Å². The summed E-state index contributed by atoms with van der Waals surface area (Å²) >= 11 is 0. The molecule has 0 radical (unpaired) electrons. The van der Waals surface area contributed by atoms with E-state index in [0.29, 0.717) is 12.5 Å². The highest BCUT2D eigenvalue weighted by molar-refractivity contribution is 5.45. The molecule has 0 bridgehead atoms. The Balaban J connectivity index is 1.81. The number of hydrogen-bond acceptors (Lipinski definition) is 2. The third-order valence-electron chi connectivity index (χ3n) is 3.82. The van der Waals surface area contributed by atoms with Crippen molar-refractivity contribution in [1.82, 2.24) is 0 Å². The molecule has 0 heterocycles. The molecule has 2 heteroatoms. The van der Waals surface area contributed by atoms with Gasteiger partial charge < -0.3 is 9.84 Å². The lowest BCUT2D eigenvalue weighted by Gasteiger charge is -2.15. The predicted molar refractivity (Wildman–Crippen MR) is 79.9 cm³/mol. The van der Waals surface area contributed by atoms with Crippen molar-refractivity contribution in [2.24, 2.45) is 0 Å². The van der Waals surface area contributed by atoms with Crippen molar-refractivity contribution in [2.75, 3.05) is 0 Å². The second-order valence-corrected chi connectivity index (χ2v) is 5.53. The van der Waals surface area contributed by atoms with Crippen LogP contribution in [-0.4, -0.2) is 5.11 Å². The summed E-state index contributed by atoms with van der Waals surface area (Å²) in [7, 11) is 0. The number of rotatable bonds is 5. The fraction of sp³-hybridized carbons (Fsp3) is 0.333. The van der Waals surface area contributed by atoms with Gasteiger partial charge in [0.15, 0.2) is 0 Å². The van der Waals surface area contributed by atoms with E-state index in [2.05, 4.69) is 19.1 Å². The molecular weight excluding hydrogens is 248 g/mol. The summed E-state index contributed by atoms with van der Waals surface area (Å²) in [5.74, 6) is 1.53. The molecule has 1 aliphatic carbocycles. The lowest BCUT2D eigenvalue weighted by Crippen LogP contribution is -2.02. The lowest BCUT2D eigenvalue weighted by atomic mass is 10.0. The lowest BCUT2D eigenvalue weighted by molar-refractivity contribution is 0.258. The first-order valence-corrected chi connectivity index (χ1v) is 7.19. The molecule has 2 aromatic carbocycles. The van der Waals surface area contributed by atoms with Crippen LogP contribution in [0, 0.1) is 6.92 Å². The Morgan fingerprint density at radius 3 is 2.55 bits per heavy atom. The molecule has 0 saturated heterocycles. The highest BCUT2D eigenvalue weighted by atomic mass is 16.5. The minimum Gasteiger partial charge on any atom is -0.488 e. The van der Waals surface area contributed by atoms with Crippen molar-refractivity contribution in [1.29, 1.82) is 0 Å². The van der Waals surface area contributed by atoms with Crippen LogP contribution in [0.5, 0.6) is 5.75 Å². The number of ether oxygens (including phenoxy) is 1. The maximum Gasteiger partial charge on any atom is 0.128 e. The van der Waals surface area contributed by atoms with E-state index in [9.17, 15) is 5.11 Å². The maximum absolute atomic E-state index is 9.59. The Labute approximate surface area is 120 Å². The average Bonchev–Trinajstić information content (AvgIpc) is 3.31. The van der Waals surface area contributed by atoms with Gasteiger partial charge in [0.1, 0.15) is 12.4 Å². The SMILES string of the molecule is Cc1cc(C2CC2)cc(CO)c1OCc1ccccc1. The van der Waals surface area contributed by atoms with Crippen molar-refractivity contribution in [3.8, 4) is 5.75 Å². The van der Waals surface area contributed by atoms with E-state index in [-0.39, 0.29) is 6.61 Å². The molecule has 1 saturated carbocycles. The van der Waals surface area contributed by atoms with E-state index in [1.165, 1.54) is 18.4 Å². The molecular formula is C18H20O2. The highest BCUT2D eigenvalue weighted by Crippen LogP contribution is 2.42. The highest BCUT2D eigenvalue weighted by Gasteiger charge is 2.25. The first-order chi connectivity index (χ1) is 9.78. The number of hydrogen-bond donors (Lipinski definition) is 1. The van der Waals surface area contributed by atoms with Crippen molar-refractivity contribution in [3.63, 3.8) is 0 Å². The van der Waals surface area contributed by atoms with Crippen molar-refractivity contribution in [3.05, 3.63) is 64.7 Å². The molecule has 0 atom stereocenters. The van der Waals surface area contributed by atoms with Crippen LogP contribution in [0.15, 0.2) is 42.5 Å². The zero-order valence-corrected chi connectivity index (χ0v) is 11.8. The normalized spacial score (nSPS) is 14.3. The van der Waals surface area contributed by atoms with Crippen LogP contribution in [0.3, 0.4) is 0 Å². The molecule has 0 spiro atoms. The van der Waals surface area contributed by atoms with Gasteiger partial charge in [-0.3, -0.25) is 0 Å². The quantitative estimate of drug-likeness (QED) is 0.890. The van der Waals surface area contributed by atoms with Crippen LogP contribution < -0.4 is 4.74 Å². The molecule has 1 fully saturated rings. The second kappa shape index (κ2) is 5.68. The second-order valence-electron chi connectivity index (χ2n) is 5.53. The van der Waals surface area contributed by atoms with Gasteiger partial charge in [-0.05, 0) is 48.4 Å². The van der Waals surface area contributed by atoms with E-state index in [1.54, 1.807) is 0 Å². The first kappa shape index (κ1) is 13.2. The summed E-state index contributed by atoms with van der Waals surface area (Å²) in [6, 6.07) is 14.4. The molecule has 2 nitrogen and oxygen atoms in total. The molecule has 0 amide bonds. The number of benzene rings is 2. The van der Waals surface area contributed by atoms with Gasteiger partial charge in [-0.1, -0.05) is 36.4 Å². The fourth-order valence-corrected chi connectivity index (χ4v) is 2.58. The monoisotopic (exact) mass is 268 g/mol. The van der Waals surface area contributed by atoms with Crippen LogP contribution in [0.25, 0.3) is 0 Å². The minimum absolute atomic E-state index is 0.0333. The molecule has 3 rings (SSSR count). The molecule has 1 aliphatic rings. The number of aliphatic hydroxyl groups excluding tert-OH is 1. The molecule has 1 N–H and O–H groups in total. The van der Waals surface area contributed by atoms with E-state index in [1.807, 2.05) is 30.3 Å². The van der Waals surface area contributed by atoms with Gasteiger partial charge in [0, 0.05) is 5.56 Å². The minimum atomic E-state index is 0.0333. The summed E-state index contributed by atoms with van der Waals surface area (Å²) in [5, 5.41) is 9.59. The molecule has 0 aromatic heterocycles. The Morgan fingerprint density at radius 2 is 1.90 bits per heavy atom. The van der Waals surface area contributed by atoms with Crippen LogP contribution in [0.1, 0.15) is 41.0 Å². The van der Waals surface area contributed by atoms with Crippen LogP contribution in [0.2, 0.25) is 0 Å². The third-order valence-corrected chi connectivity index (χ3v) is 3.82. The zero-order chi connectivity index (χ0) is 13.9. The van der Waals surface area contributed by atoms with Crippen molar-refractivity contribution < 1.29 is 9.84 Å². The molecule has 0 aliphatic heterocycles. The van der Waals surface area contributed by atoms with Gasteiger partial charge in [0.25, 0.3) is 0 Å². The van der Waals surface area contributed by atoms with Crippen LogP contribution >= 0.6 is 0 Å². The Kier molecular flexibility index (Phi) is 3.75. The first-order valence-electron chi connectivity index (χ1n) is 7.19. The van der Waals surface area contributed by atoms with E-state index < -0.39 is 0 Å². The van der Waals surface area contributed by atoms with Gasteiger partial charge >= 0.3 is 0 Å². The summed E-state index contributed by atoms with van der Waals surface area (Å²) in [6.45, 7) is 2.63. The maximum atomic E-state index is 9.59. The van der Waals surface area contributed by atoms with Crippen molar-refractivity contribution >= 4 is 0 Å². The molecule has 20 heavy (non-hydrogen) atoms. The van der Waals surface area contributed by atoms with Gasteiger partial charge in [-0.25, -0.2) is 0 Å². The van der Waals surface area contributed by atoms with E-state index >= 15 is 0 Å². The van der Waals surface area contributed by atoms with E-state index in [4.69, 9.17) is 4.74 Å². The molecule has 104 valence electrons. The third kappa shape index (κ3) is 2.86. The van der Waals surface area contributed by atoms with Gasteiger partial charge in [-0.15, -0.1) is 0 Å². The van der Waals surface area contributed by atoms with Crippen LogP contribution in [-0.2, 0) is 13.2 Å². The standard InChI is InChI=1S/C18H20O2/c1-13-9-16(15-7-8-15)10-17(11-19)18(13)20-12-14-5-3-2-4-6-14/h2-6,9-10,15,19H,7-8,11-12H2,1H3. The smallest absolute Gasteiger partial charge is 0.128 e. The van der Waals surface area contributed by atoms with Crippen LogP contribution in [0.4, 0.5) is 0 Å². The largest absolute Gasteiger partial charge is 0.488 e. The average molecular weight is 268 g/mol. The van der Waals surface area contributed by atoms with Gasteiger partial charge in [0.05, 0.1) is 6.61 Å². The summed E-state index contributed by atoms with van der Waals surface area (Å²) < 4.78 is 5.94. The topological polar surface area (TPSA) is 29.5 Å². The summed E-state index contributed by atoms with van der Waals surface area (Å²) in [6.07, 6.45) is 2.54. The number of aliphatic hydroxyl groups is 1.